The lowest BCUT2D eigenvalue weighted by atomic mass is 9.99. The number of rotatable bonds is 10. The second kappa shape index (κ2) is 12.4. The monoisotopic (exact) mass is 448 g/mol. The second-order valence-electron chi connectivity index (χ2n) is 8.22. The van der Waals surface area contributed by atoms with Crippen LogP contribution in [0.25, 0.3) is 0 Å². The maximum absolute atomic E-state index is 10.5. The predicted molar refractivity (Wildman–Crippen MR) is 109 cm³/mol. The van der Waals surface area contributed by atoms with Gasteiger partial charge in [-0.15, -0.1) is 0 Å². The van der Waals surface area contributed by atoms with Crippen molar-refractivity contribution in [2.75, 3.05) is 19.8 Å². The summed E-state index contributed by atoms with van der Waals surface area (Å²) in [5.41, 5.74) is 2.33. The van der Waals surface area contributed by atoms with Crippen molar-refractivity contribution in [3.8, 4) is 0 Å². The molecule has 0 spiro atoms. The van der Waals surface area contributed by atoms with Crippen LogP contribution in [0.2, 0.25) is 0 Å². The molecule has 0 unspecified atom stereocenters. The van der Waals surface area contributed by atoms with Crippen LogP contribution < -0.4 is 0 Å². The SMILES string of the molecule is CC(C)=CCC/C(C)=C/CO[C@@H]1O[C@H](CO)[C@@H](O)[C@H](O)[C@H]1O[C@@H]1O[C@@H](CO)[C@H](O)[C@H]1O. The first-order valence-electron chi connectivity index (χ1n) is 10.5. The molecule has 0 radical (unpaired) electrons. The third kappa shape index (κ3) is 7.03. The molecule has 2 heterocycles. The Morgan fingerprint density at radius 1 is 0.806 bits per heavy atom. The summed E-state index contributed by atoms with van der Waals surface area (Å²) in [6, 6.07) is 0. The van der Waals surface area contributed by atoms with Crippen LogP contribution in [0.1, 0.15) is 33.6 Å². The molecule has 2 fully saturated rings. The first kappa shape index (κ1) is 26.3. The normalized spacial score (nSPS) is 39.0. The largest absolute Gasteiger partial charge is 0.394 e. The van der Waals surface area contributed by atoms with E-state index in [2.05, 4.69) is 6.08 Å². The Morgan fingerprint density at radius 3 is 1.97 bits per heavy atom. The zero-order valence-corrected chi connectivity index (χ0v) is 18.2. The molecule has 0 amide bonds. The van der Waals surface area contributed by atoms with Gasteiger partial charge >= 0.3 is 0 Å². The molecule has 10 nitrogen and oxygen atoms in total. The lowest BCUT2D eigenvalue weighted by Crippen LogP contribution is -2.61. The van der Waals surface area contributed by atoms with Crippen LogP contribution in [-0.4, -0.2) is 106 Å². The molecular weight excluding hydrogens is 412 g/mol. The van der Waals surface area contributed by atoms with E-state index in [1.54, 1.807) is 0 Å². The summed E-state index contributed by atoms with van der Waals surface area (Å²) in [5, 5.41) is 59.3. The number of aliphatic hydroxyl groups is 6. The quantitative estimate of drug-likeness (QED) is 0.228. The minimum atomic E-state index is -1.51. The molecule has 0 aromatic heterocycles. The summed E-state index contributed by atoms with van der Waals surface area (Å²) in [6.07, 6.45) is -6.06. The Labute approximate surface area is 182 Å². The average Bonchev–Trinajstić information content (AvgIpc) is 3.00. The van der Waals surface area contributed by atoms with Crippen molar-refractivity contribution < 1.29 is 49.6 Å². The van der Waals surface area contributed by atoms with Gasteiger partial charge in [0.05, 0.1) is 19.8 Å². The van der Waals surface area contributed by atoms with Gasteiger partial charge in [-0.3, -0.25) is 0 Å². The van der Waals surface area contributed by atoms with Gasteiger partial charge in [0.15, 0.2) is 12.6 Å². The minimum absolute atomic E-state index is 0.127. The third-order valence-corrected chi connectivity index (χ3v) is 5.40. The summed E-state index contributed by atoms with van der Waals surface area (Å²) in [6.45, 7) is 5.08. The van der Waals surface area contributed by atoms with Crippen LogP contribution in [0.4, 0.5) is 0 Å². The average molecular weight is 449 g/mol. The highest BCUT2D eigenvalue weighted by atomic mass is 16.8. The molecular formula is C21H36O10. The first-order valence-corrected chi connectivity index (χ1v) is 10.5. The fraction of sp³-hybridized carbons (Fsp3) is 0.810. The van der Waals surface area contributed by atoms with Crippen LogP contribution in [0.15, 0.2) is 23.3 Å². The van der Waals surface area contributed by atoms with Crippen molar-refractivity contribution in [2.45, 2.75) is 88.9 Å². The van der Waals surface area contributed by atoms with Crippen molar-refractivity contribution >= 4 is 0 Å². The number of aliphatic hydroxyl groups excluding tert-OH is 6. The molecule has 2 rings (SSSR count). The van der Waals surface area contributed by atoms with E-state index >= 15 is 0 Å². The summed E-state index contributed by atoms with van der Waals surface area (Å²) < 4.78 is 22.1. The highest BCUT2D eigenvalue weighted by Crippen LogP contribution is 2.30. The van der Waals surface area contributed by atoms with E-state index in [-0.39, 0.29) is 6.61 Å². The molecule has 0 aromatic rings. The standard InChI is InChI=1S/C21H36O10/c1-11(2)5-4-6-12(3)7-8-28-21-19(17(26)15(24)13(9-22)30-21)31-20-18(27)16(25)14(10-23)29-20/h5,7,13-27H,4,6,8-10H2,1-3H3/b12-7+/t13-,14+,15-,16+,17+,18-,19-,20+,21-/m1/s1. The molecule has 10 heteroatoms. The van der Waals surface area contributed by atoms with Crippen molar-refractivity contribution in [1.29, 1.82) is 0 Å². The number of hydrogen-bond acceptors (Lipinski definition) is 10. The topological polar surface area (TPSA) is 158 Å². The van der Waals surface area contributed by atoms with Crippen molar-refractivity contribution in [3.63, 3.8) is 0 Å². The number of allylic oxidation sites excluding steroid dienone is 3. The van der Waals surface area contributed by atoms with Crippen molar-refractivity contribution in [3.05, 3.63) is 23.3 Å². The van der Waals surface area contributed by atoms with Crippen LogP contribution in [0.3, 0.4) is 0 Å². The molecule has 0 saturated carbocycles. The molecule has 0 bridgehead atoms. The van der Waals surface area contributed by atoms with Gasteiger partial charge in [-0.05, 0) is 33.6 Å². The molecule has 6 N–H and O–H groups in total. The Balaban J connectivity index is 2.03. The van der Waals surface area contributed by atoms with Gasteiger partial charge in [-0.2, -0.15) is 0 Å². The molecule has 180 valence electrons. The van der Waals surface area contributed by atoms with E-state index in [9.17, 15) is 30.6 Å². The lowest BCUT2D eigenvalue weighted by Gasteiger charge is -2.42. The van der Waals surface area contributed by atoms with E-state index in [1.165, 1.54) is 5.57 Å². The minimum Gasteiger partial charge on any atom is -0.394 e. The Hall–Kier alpha value is -0.920. The maximum Gasteiger partial charge on any atom is 0.187 e. The van der Waals surface area contributed by atoms with Gasteiger partial charge in [0.2, 0.25) is 0 Å². The third-order valence-electron chi connectivity index (χ3n) is 5.40. The van der Waals surface area contributed by atoms with Gasteiger partial charge < -0.3 is 49.6 Å². The maximum atomic E-state index is 10.5. The molecule has 2 aliphatic rings. The molecule has 2 aliphatic heterocycles. The van der Waals surface area contributed by atoms with E-state index in [0.717, 1.165) is 18.4 Å². The molecule has 2 saturated heterocycles. The van der Waals surface area contributed by atoms with Crippen molar-refractivity contribution in [2.24, 2.45) is 0 Å². The summed E-state index contributed by atoms with van der Waals surface area (Å²) in [5.74, 6) is 0. The summed E-state index contributed by atoms with van der Waals surface area (Å²) in [7, 11) is 0. The van der Waals surface area contributed by atoms with E-state index < -0.39 is 68.5 Å². The van der Waals surface area contributed by atoms with Gasteiger partial charge in [-0.25, -0.2) is 0 Å². The van der Waals surface area contributed by atoms with E-state index in [0.29, 0.717) is 0 Å². The number of hydrogen-bond donors (Lipinski definition) is 6. The van der Waals surface area contributed by atoms with Gasteiger partial charge in [0, 0.05) is 0 Å². The zero-order valence-electron chi connectivity index (χ0n) is 18.2. The molecule has 0 aromatic carbocycles. The van der Waals surface area contributed by atoms with Gasteiger partial charge in [0.25, 0.3) is 0 Å². The van der Waals surface area contributed by atoms with Crippen LogP contribution in [0.5, 0.6) is 0 Å². The number of ether oxygens (including phenoxy) is 4. The smallest absolute Gasteiger partial charge is 0.187 e. The highest BCUT2D eigenvalue weighted by molar-refractivity contribution is 5.02. The Kier molecular flexibility index (Phi) is 10.5. The molecule has 0 aliphatic carbocycles. The fourth-order valence-electron chi connectivity index (χ4n) is 3.44. The van der Waals surface area contributed by atoms with E-state index in [4.69, 9.17) is 18.9 Å². The fourth-order valence-corrected chi connectivity index (χ4v) is 3.44. The Bertz CT molecular complexity index is 605. The summed E-state index contributed by atoms with van der Waals surface area (Å²) in [4.78, 5) is 0. The Morgan fingerprint density at radius 2 is 1.39 bits per heavy atom. The summed E-state index contributed by atoms with van der Waals surface area (Å²) >= 11 is 0. The van der Waals surface area contributed by atoms with Crippen molar-refractivity contribution in [1.82, 2.24) is 0 Å². The van der Waals surface area contributed by atoms with Gasteiger partial charge in [0.1, 0.15) is 42.7 Å². The molecule has 9 atom stereocenters. The highest BCUT2D eigenvalue weighted by Gasteiger charge is 2.50. The molecule has 31 heavy (non-hydrogen) atoms. The lowest BCUT2D eigenvalue weighted by molar-refractivity contribution is -0.335. The predicted octanol–water partition coefficient (Wildman–Crippen LogP) is -1.04. The zero-order chi connectivity index (χ0) is 23.1. The van der Waals surface area contributed by atoms with Crippen LogP contribution >= 0.6 is 0 Å². The van der Waals surface area contributed by atoms with Crippen LogP contribution in [-0.2, 0) is 18.9 Å². The van der Waals surface area contributed by atoms with E-state index in [1.807, 2.05) is 26.8 Å². The van der Waals surface area contributed by atoms with Gasteiger partial charge in [-0.1, -0.05) is 23.3 Å². The first-order chi connectivity index (χ1) is 14.7. The van der Waals surface area contributed by atoms with Crippen LogP contribution in [0, 0.1) is 0 Å². The second-order valence-corrected chi connectivity index (χ2v) is 8.22.